The first-order valence-electron chi connectivity index (χ1n) is 9.16. The van der Waals surface area contributed by atoms with Crippen LogP contribution >= 0.6 is 11.8 Å². The monoisotopic (exact) mass is 477 g/mol. The van der Waals surface area contributed by atoms with Crippen LogP contribution in [-0.4, -0.2) is 33.1 Å². The van der Waals surface area contributed by atoms with Crippen molar-refractivity contribution in [2.75, 3.05) is 23.4 Å². The number of nitrogens with zero attached hydrogens (tertiary/aromatic N) is 3. The Morgan fingerprint density at radius 1 is 1.12 bits per heavy atom. The van der Waals surface area contributed by atoms with Crippen LogP contribution in [0.15, 0.2) is 29.4 Å². The molecule has 0 fully saturated rings. The molecule has 0 aromatic carbocycles. The Morgan fingerprint density at radius 2 is 1.81 bits per heavy atom. The number of thioether (sulfide) groups is 1. The summed E-state index contributed by atoms with van der Waals surface area (Å²) in [5.74, 6) is -0.452. The first kappa shape index (κ1) is 23.7. The quantitative estimate of drug-likeness (QED) is 0.376. The average molecular weight is 477 g/mol. The van der Waals surface area contributed by atoms with E-state index in [-0.39, 0.29) is 33.4 Å². The third-order valence-corrected chi connectivity index (χ3v) is 5.34. The number of carbonyl (C=O) groups is 1. The Hall–Kier alpha value is -2.96. The highest BCUT2D eigenvalue weighted by Crippen LogP contribution is 2.35. The summed E-state index contributed by atoms with van der Waals surface area (Å²) in [6.45, 7) is 3.08. The van der Waals surface area contributed by atoms with Gasteiger partial charge in [0.25, 0.3) is 5.91 Å². The van der Waals surface area contributed by atoms with Crippen LogP contribution in [0, 0.1) is 6.92 Å². The van der Waals surface area contributed by atoms with Gasteiger partial charge in [0.1, 0.15) is 16.4 Å². The maximum Gasteiger partial charge on any atom is 0.433 e. The fourth-order valence-electron chi connectivity index (χ4n) is 3.03. The Labute approximate surface area is 182 Å². The zero-order chi connectivity index (χ0) is 23.8. The number of imidazole rings is 1. The summed E-state index contributed by atoms with van der Waals surface area (Å²) in [5.41, 5.74) is -2.25. The summed E-state index contributed by atoms with van der Waals surface area (Å²) >= 11 is 1.08. The van der Waals surface area contributed by atoms with Crippen molar-refractivity contribution < 1.29 is 31.1 Å². The molecule has 0 aliphatic heterocycles. The van der Waals surface area contributed by atoms with E-state index in [0.29, 0.717) is 11.8 Å². The molecule has 2 N–H and O–H groups in total. The lowest BCUT2D eigenvalue weighted by atomic mass is 10.2. The molecule has 3 aromatic rings. The summed E-state index contributed by atoms with van der Waals surface area (Å²) in [4.78, 5) is 20.6. The second-order valence-corrected chi connectivity index (χ2v) is 7.81. The van der Waals surface area contributed by atoms with E-state index >= 15 is 0 Å². The minimum Gasteiger partial charge on any atom is -0.385 e. The van der Waals surface area contributed by atoms with Gasteiger partial charge in [-0.15, -0.1) is 11.8 Å². The number of nitrogens with one attached hydrogen (secondary N) is 2. The van der Waals surface area contributed by atoms with E-state index in [1.54, 1.807) is 6.92 Å². The van der Waals surface area contributed by atoms with Gasteiger partial charge in [-0.3, -0.25) is 9.20 Å². The van der Waals surface area contributed by atoms with Crippen molar-refractivity contribution >= 4 is 34.7 Å². The first-order valence-corrected chi connectivity index (χ1v) is 10.2. The fraction of sp³-hybridized carbons (Fsp3) is 0.316. The van der Waals surface area contributed by atoms with Crippen LogP contribution in [0.1, 0.15) is 34.4 Å². The Balaban J connectivity index is 2.09. The number of pyridine rings is 2. The summed E-state index contributed by atoms with van der Waals surface area (Å²) in [7, 11) is 1.45. The van der Waals surface area contributed by atoms with E-state index in [0.717, 1.165) is 34.5 Å². The van der Waals surface area contributed by atoms with Crippen molar-refractivity contribution in [2.45, 2.75) is 31.2 Å². The van der Waals surface area contributed by atoms with Crippen LogP contribution in [0.5, 0.6) is 0 Å². The van der Waals surface area contributed by atoms with Crippen LogP contribution in [0.4, 0.5) is 37.7 Å². The molecule has 3 rings (SSSR count). The number of carbonyl (C=O) groups excluding carboxylic acids is 1. The number of aryl methyl sites for hydroxylation is 1. The molecule has 0 saturated heterocycles. The summed E-state index contributed by atoms with van der Waals surface area (Å²) < 4.78 is 80.0. The van der Waals surface area contributed by atoms with Gasteiger partial charge in [-0.1, -0.05) is 6.92 Å². The van der Waals surface area contributed by atoms with Gasteiger partial charge >= 0.3 is 12.4 Å². The second kappa shape index (κ2) is 8.52. The molecule has 0 aliphatic rings. The lowest BCUT2D eigenvalue weighted by molar-refractivity contribution is -0.141. The highest BCUT2D eigenvalue weighted by molar-refractivity contribution is 7.99. The van der Waals surface area contributed by atoms with Crippen molar-refractivity contribution in [1.82, 2.24) is 14.4 Å². The van der Waals surface area contributed by atoms with Crippen molar-refractivity contribution in [2.24, 2.45) is 0 Å². The highest BCUT2D eigenvalue weighted by atomic mass is 32.2. The van der Waals surface area contributed by atoms with Crippen molar-refractivity contribution in [3.05, 3.63) is 47.0 Å². The molecule has 0 unspecified atom stereocenters. The fourth-order valence-corrected chi connectivity index (χ4v) is 3.86. The van der Waals surface area contributed by atoms with Gasteiger partial charge in [0.2, 0.25) is 0 Å². The van der Waals surface area contributed by atoms with Gasteiger partial charge in [0.05, 0.1) is 22.6 Å². The van der Waals surface area contributed by atoms with Crippen LogP contribution in [0.2, 0.25) is 0 Å². The summed E-state index contributed by atoms with van der Waals surface area (Å²) in [6.07, 6.45) is -8.51. The number of halogens is 6. The molecule has 32 heavy (non-hydrogen) atoms. The standard InChI is InChI=1S/C19H17F6N5OS/c1-4-32-17-15(29-13-6-5-10(8-30(13)17)18(20,21)22)16(31)28-11-7-12(19(23,24)25)27-9(2)14(11)26-3/h5-8,26H,4H2,1-3H3,(H,27,28,31). The van der Waals surface area contributed by atoms with E-state index in [2.05, 4.69) is 20.6 Å². The van der Waals surface area contributed by atoms with Gasteiger partial charge in [-0.2, -0.15) is 26.3 Å². The second-order valence-electron chi connectivity index (χ2n) is 6.56. The molecule has 0 aliphatic carbocycles. The molecule has 3 aromatic heterocycles. The normalized spacial score (nSPS) is 12.3. The first-order chi connectivity index (χ1) is 14.9. The molecule has 6 nitrogen and oxygen atoms in total. The smallest absolute Gasteiger partial charge is 0.385 e. The number of anilines is 2. The predicted molar refractivity (Wildman–Crippen MR) is 108 cm³/mol. The molecule has 0 radical (unpaired) electrons. The van der Waals surface area contributed by atoms with E-state index < -0.39 is 29.5 Å². The molecule has 0 atom stereocenters. The Bertz CT molecular complexity index is 1170. The molecule has 0 spiro atoms. The molecular formula is C19H17F6N5OS. The van der Waals surface area contributed by atoms with Crippen molar-refractivity contribution in [3.8, 4) is 0 Å². The highest BCUT2D eigenvalue weighted by Gasteiger charge is 2.35. The van der Waals surface area contributed by atoms with Gasteiger partial charge in [0, 0.05) is 13.2 Å². The van der Waals surface area contributed by atoms with Crippen LogP contribution in [0.25, 0.3) is 5.65 Å². The lowest BCUT2D eigenvalue weighted by Crippen LogP contribution is -2.18. The average Bonchev–Trinajstić information content (AvgIpc) is 3.05. The molecule has 0 bridgehead atoms. The number of fused-ring (bicyclic) bond motifs is 1. The van der Waals surface area contributed by atoms with Crippen molar-refractivity contribution in [3.63, 3.8) is 0 Å². The third-order valence-electron chi connectivity index (χ3n) is 4.39. The van der Waals surface area contributed by atoms with E-state index in [1.165, 1.54) is 14.0 Å². The van der Waals surface area contributed by atoms with Gasteiger partial charge < -0.3 is 10.6 Å². The van der Waals surface area contributed by atoms with Gasteiger partial charge in [-0.25, -0.2) is 9.97 Å². The number of hydrogen-bond donors (Lipinski definition) is 2. The zero-order valence-electron chi connectivity index (χ0n) is 16.9. The maximum atomic E-state index is 13.2. The van der Waals surface area contributed by atoms with Crippen molar-refractivity contribution in [1.29, 1.82) is 0 Å². The molecule has 13 heteroatoms. The predicted octanol–water partition coefficient (Wildman–Crippen LogP) is 5.48. The molecule has 0 saturated carbocycles. The number of rotatable bonds is 5. The van der Waals surface area contributed by atoms with Crippen LogP contribution in [0.3, 0.4) is 0 Å². The number of hydrogen-bond acceptors (Lipinski definition) is 5. The van der Waals surface area contributed by atoms with Crippen LogP contribution < -0.4 is 10.6 Å². The van der Waals surface area contributed by atoms with Crippen LogP contribution in [-0.2, 0) is 12.4 Å². The third kappa shape index (κ3) is 4.61. The van der Waals surface area contributed by atoms with Gasteiger partial charge in [0.15, 0.2) is 5.69 Å². The SMILES string of the molecule is CCSc1c(C(=O)Nc2cc(C(F)(F)F)nc(C)c2NC)nc2ccc(C(F)(F)F)cn12. The van der Waals surface area contributed by atoms with E-state index in [9.17, 15) is 31.1 Å². The largest absolute Gasteiger partial charge is 0.433 e. The summed E-state index contributed by atoms with van der Waals surface area (Å²) in [5, 5.41) is 5.21. The molecular weight excluding hydrogens is 460 g/mol. The lowest BCUT2D eigenvalue weighted by Gasteiger charge is -2.16. The number of aromatic nitrogens is 3. The maximum absolute atomic E-state index is 13.2. The van der Waals surface area contributed by atoms with Gasteiger partial charge in [-0.05, 0) is 30.9 Å². The molecule has 172 valence electrons. The Morgan fingerprint density at radius 3 is 2.38 bits per heavy atom. The van der Waals surface area contributed by atoms with E-state index in [4.69, 9.17) is 0 Å². The number of alkyl halides is 6. The number of amides is 1. The van der Waals surface area contributed by atoms with E-state index in [1.807, 2.05) is 0 Å². The zero-order valence-corrected chi connectivity index (χ0v) is 17.8. The molecule has 1 amide bonds. The Kier molecular flexibility index (Phi) is 6.31. The topological polar surface area (TPSA) is 71.3 Å². The summed E-state index contributed by atoms with van der Waals surface area (Å²) in [6, 6.07) is 2.64. The minimum absolute atomic E-state index is 0.00519. The molecule has 3 heterocycles. The minimum atomic E-state index is -4.74.